The number of carbonyl (C=O) groups excluding carboxylic acids is 1. The molecule has 6 nitrogen and oxygen atoms in total. The Labute approximate surface area is 188 Å². The molecule has 0 atom stereocenters. The molecular formula is C26H29N5O. The molecule has 3 aromatic heterocycles. The summed E-state index contributed by atoms with van der Waals surface area (Å²) in [6, 6.07) is 8.57. The van der Waals surface area contributed by atoms with Crippen LogP contribution in [0.1, 0.15) is 49.2 Å². The van der Waals surface area contributed by atoms with E-state index in [1.807, 2.05) is 30.5 Å². The first-order valence-corrected chi connectivity index (χ1v) is 11.3. The molecule has 1 amide bonds. The van der Waals surface area contributed by atoms with Crippen molar-refractivity contribution < 1.29 is 4.79 Å². The zero-order valence-corrected chi connectivity index (χ0v) is 19.2. The Morgan fingerprint density at radius 2 is 2.06 bits per heavy atom. The molecular weight excluding hydrogens is 398 g/mol. The number of benzene rings is 1. The van der Waals surface area contributed by atoms with Crippen molar-refractivity contribution in [2.75, 3.05) is 6.54 Å². The summed E-state index contributed by atoms with van der Waals surface area (Å²) in [5.41, 5.74) is 8.53. The fourth-order valence-corrected chi connectivity index (χ4v) is 5.19. The molecule has 32 heavy (non-hydrogen) atoms. The van der Waals surface area contributed by atoms with Crippen molar-refractivity contribution in [2.24, 2.45) is 7.05 Å². The Morgan fingerprint density at radius 1 is 1.22 bits per heavy atom. The summed E-state index contributed by atoms with van der Waals surface area (Å²) in [6.07, 6.45) is 8.64. The van der Waals surface area contributed by atoms with Crippen LogP contribution in [-0.4, -0.2) is 37.2 Å². The average Bonchev–Trinajstić information content (AvgIpc) is 3.38. The van der Waals surface area contributed by atoms with Gasteiger partial charge in [0.15, 0.2) is 0 Å². The lowest BCUT2D eigenvalue weighted by atomic mass is 9.93. The van der Waals surface area contributed by atoms with Gasteiger partial charge in [0.1, 0.15) is 0 Å². The van der Waals surface area contributed by atoms with Crippen LogP contribution in [0.5, 0.6) is 0 Å². The lowest BCUT2D eigenvalue weighted by molar-refractivity contribution is -0.119. The molecule has 0 spiro atoms. The van der Waals surface area contributed by atoms with Crippen LogP contribution in [0, 0.1) is 0 Å². The van der Waals surface area contributed by atoms with Crippen LogP contribution in [0.3, 0.4) is 0 Å². The molecule has 5 rings (SSSR count). The molecule has 0 bridgehead atoms. The Bertz CT molecular complexity index is 1310. The highest BCUT2D eigenvalue weighted by atomic mass is 16.1. The number of fused-ring (bicyclic) bond motifs is 2. The minimum absolute atomic E-state index is 0.438. The molecule has 0 N–H and O–H groups in total. The van der Waals surface area contributed by atoms with Gasteiger partial charge in [-0.25, -0.2) is 0 Å². The van der Waals surface area contributed by atoms with Crippen molar-refractivity contribution in [2.45, 2.75) is 46.1 Å². The van der Waals surface area contributed by atoms with E-state index in [0.29, 0.717) is 12.5 Å². The molecule has 4 aromatic rings. The summed E-state index contributed by atoms with van der Waals surface area (Å²) in [7, 11) is 1.92. The predicted octanol–water partition coefficient (Wildman–Crippen LogP) is 4.63. The van der Waals surface area contributed by atoms with Crippen molar-refractivity contribution in [1.29, 1.82) is 0 Å². The number of hydrogen-bond acceptors (Lipinski definition) is 3. The van der Waals surface area contributed by atoms with E-state index in [9.17, 15) is 4.79 Å². The minimum atomic E-state index is 0.438. The van der Waals surface area contributed by atoms with Crippen molar-refractivity contribution in [1.82, 2.24) is 24.2 Å². The number of rotatable bonds is 5. The number of carbonyl (C=O) groups is 1. The Morgan fingerprint density at radius 3 is 2.75 bits per heavy atom. The molecule has 4 heterocycles. The summed E-state index contributed by atoms with van der Waals surface area (Å²) in [5, 5.41) is 6.55. The average molecular weight is 428 g/mol. The van der Waals surface area contributed by atoms with E-state index in [1.165, 1.54) is 22.5 Å². The summed E-state index contributed by atoms with van der Waals surface area (Å²) in [6.45, 7) is 8.21. The van der Waals surface area contributed by atoms with Crippen molar-refractivity contribution in [3.05, 3.63) is 65.4 Å². The lowest BCUT2D eigenvalue weighted by Gasteiger charge is -2.26. The zero-order chi connectivity index (χ0) is 22.4. The quantitative estimate of drug-likeness (QED) is 0.437. The first-order chi connectivity index (χ1) is 15.5. The van der Waals surface area contributed by atoms with E-state index >= 15 is 0 Å². The highest BCUT2D eigenvalue weighted by Crippen LogP contribution is 2.38. The van der Waals surface area contributed by atoms with E-state index in [-0.39, 0.29) is 0 Å². The molecule has 1 aliphatic heterocycles. The van der Waals surface area contributed by atoms with Gasteiger partial charge < -0.3 is 9.47 Å². The van der Waals surface area contributed by atoms with Gasteiger partial charge in [-0.15, -0.1) is 0 Å². The van der Waals surface area contributed by atoms with Crippen LogP contribution in [0.4, 0.5) is 0 Å². The second kappa shape index (κ2) is 7.93. The number of hydrogen-bond donors (Lipinski definition) is 0. The van der Waals surface area contributed by atoms with Gasteiger partial charge in [-0.3, -0.25) is 14.5 Å². The summed E-state index contributed by atoms with van der Waals surface area (Å²) in [4.78, 5) is 18.3. The Kier molecular flexibility index (Phi) is 5.08. The summed E-state index contributed by atoms with van der Waals surface area (Å²) in [5.74, 6) is 0.438. The number of aromatic nitrogens is 4. The second-order valence-electron chi connectivity index (χ2n) is 8.93. The normalized spacial score (nSPS) is 13.7. The van der Waals surface area contributed by atoms with Crippen molar-refractivity contribution >= 4 is 17.2 Å². The predicted molar refractivity (Wildman–Crippen MR) is 127 cm³/mol. The molecule has 0 fully saturated rings. The Hall–Kier alpha value is -3.41. The third-order valence-electron chi connectivity index (χ3n) is 6.57. The molecule has 1 aromatic carbocycles. The van der Waals surface area contributed by atoms with E-state index < -0.39 is 0 Å². The highest BCUT2D eigenvalue weighted by molar-refractivity contribution is 5.92. The van der Waals surface area contributed by atoms with E-state index in [2.05, 4.69) is 54.7 Å². The monoisotopic (exact) mass is 427 g/mol. The lowest BCUT2D eigenvalue weighted by Crippen LogP contribution is -2.30. The molecule has 6 heteroatoms. The van der Waals surface area contributed by atoms with Gasteiger partial charge >= 0.3 is 0 Å². The van der Waals surface area contributed by atoms with Crippen LogP contribution in [0.25, 0.3) is 27.7 Å². The number of aryl methyl sites for hydroxylation is 1. The number of amides is 1. The van der Waals surface area contributed by atoms with Gasteiger partial charge in [-0.05, 0) is 47.4 Å². The van der Waals surface area contributed by atoms with Gasteiger partial charge in [-0.1, -0.05) is 32.9 Å². The van der Waals surface area contributed by atoms with E-state index in [1.54, 1.807) is 4.68 Å². The summed E-state index contributed by atoms with van der Waals surface area (Å²) >= 11 is 0. The van der Waals surface area contributed by atoms with E-state index in [0.717, 1.165) is 53.5 Å². The smallest absolute Gasteiger partial charge is 0.210 e. The topological polar surface area (TPSA) is 56.0 Å². The van der Waals surface area contributed by atoms with Gasteiger partial charge in [-0.2, -0.15) is 5.10 Å². The summed E-state index contributed by atoms with van der Waals surface area (Å²) < 4.78 is 4.21. The Balaban J connectivity index is 1.74. The molecule has 164 valence electrons. The number of pyridine rings is 1. The third-order valence-corrected chi connectivity index (χ3v) is 6.57. The largest absolute Gasteiger partial charge is 0.339 e. The fraction of sp³-hybridized carbons (Fsp3) is 0.346. The van der Waals surface area contributed by atoms with Crippen molar-refractivity contribution in [3.63, 3.8) is 0 Å². The first-order valence-electron chi connectivity index (χ1n) is 11.3. The first kappa shape index (κ1) is 20.5. The van der Waals surface area contributed by atoms with Gasteiger partial charge in [0.25, 0.3) is 0 Å². The van der Waals surface area contributed by atoms with Crippen LogP contribution in [-0.2, 0) is 31.2 Å². The van der Waals surface area contributed by atoms with Crippen LogP contribution < -0.4 is 0 Å². The van der Waals surface area contributed by atoms with Crippen molar-refractivity contribution in [3.8, 4) is 16.9 Å². The van der Waals surface area contributed by atoms with Gasteiger partial charge in [0.2, 0.25) is 6.41 Å². The maximum atomic E-state index is 11.6. The molecule has 0 radical (unpaired) electrons. The van der Waals surface area contributed by atoms with Crippen LogP contribution in [0.15, 0.2) is 42.9 Å². The maximum absolute atomic E-state index is 11.6. The molecule has 0 unspecified atom stereocenters. The third kappa shape index (κ3) is 3.22. The van der Waals surface area contributed by atoms with Crippen LogP contribution in [0.2, 0.25) is 0 Å². The fourth-order valence-electron chi connectivity index (χ4n) is 5.19. The maximum Gasteiger partial charge on any atom is 0.210 e. The minimum Gasteiger partial charge on any atom is -0.339 e. The van der Waals surface area contributed by atoms with Crippen LogP contribution >= 0.6 is 0 Å². The second-order valence-corrected chi connectivity index (χ2v) is 8.93. The van der Waals surface area contributed by atoms with E-state index in [4.69, 9.17) is 4.98 Å². The molecule has 0 saturated carbocycles. The SMILES string of the molecule is CCc1c(C(C)C)c2c(n1-c1cccc3cc(-c4cnn(C)c4)ncc13)CN(C=O)CC2. The molecule has 1 aliphatic rings. The standard InChI is InChI=1S/C26H29N5O/c1-5-23-26(17(2)3)20-9-10-30(16-32)15-25(20)31(23)24-8-6-7-18-11-22(27-13-21(18)24)19-12-28-29(4)14-19/h6-8,11-14,16-17H,5,9-10,15H2,1-4H3. The zero-order valence-electron chi connectivity index (χ0n) is 19.2. The molecule has 0 saturated heterocycles. The number of nitrogens with zero attached hydrogens (tertiary/aromatic N) is 5. The van der Waals surface area contributed by atoms with Gasteiger partial charge in [0.05, 0.1) is 24.1 Å². The molecule has 0 aliphatic carbocycles. The van der Waals surface area contributed by atoms with Gasteiger partial charge in [0, 0.05) is 48.3 Å². The highest BCUT2D eigenvalue weighted by Gasteiger charge is 2.29.